The minimum atomic E-state index is -0.639. The third-order valence-corrected chi connectivity index (χ3v) is 4.40. The minimum absolute atomic E-state index is 0.00973. The summed E-state index contributed by atoms with van der Waals surface area (Å²) in [5.41, 5.74) is 1.65. The van der Waals surface area contributed by atoms with E-state index in [9.17, 15) is 9.90 Å². The molecule has 25 heavy (non-hydrogen) atoms. The second-order valence-electron chi connectivity index (χ2n) is 5.99. The van der Waals surface area contributed by atoms with Crippen LogP contribution in [0, 0.1) is 0 Å². The van der Waals surface area contributed by atoms with Gasteiger partial charge in [-0.1, -0.05) is 29.3 Å². The van der Waals surface area contributed by atoms with Gasteiger partial charge in [-0.2, -0.15) is 0 Å². The molecule has 134 valence electrons. The average molecular weight is 382 g/mol. The first-order valence-electron chi connectivity index (χ1n) is 7.89. The topological polar surface area (TPSA) is 49.8 Å². The van der Waals surface area contributed by atoms with Crippen molar-refractivity contribution < 1.29 is 14.6 Å². The van der Waals surface area contributed by atoms with Crippen LogP contribution in [0.4, 0.5) is 0 Å². The molecule has 1 N–H and O–H groups in total. The molecule has 0 radical (unpaired) electrons. The van der Waals surface area contributed by atoms with Crippen LogP contribution in [0.5, 0.6) is 5.75 Å². The Morgan fingerprint density at radius 3 is 2.44 bits per heavy atom. The van der Waals surface area contributed by atoms with Gasteiger partial charge < -0.3 is 9.84 Å². The van der Waals surface area contributed by atoms with E-state index in [1.54, 1.807) is 30.3 Å². The zero-order chi connectivity index (χ0) is 18.4. The van der Waals surface area contributed by atoms with Crippen LogP contribution in [0.1, 0.15) is 22.8 Å². The zero-order valence-corrected chi connectivity index (χ0v) is 15.7. The summed E-state index contributed by atoms with van der Waals surface area (Å²) >= 11 is 11.9. The average Bonchev–Trinajstić information content (AvgIpc) is 2.56. The van der Waals surface area contributed by atoms with Crippen molar-refractivity contribution >= 4 is 29.0 Å². The Bertz CT molecular complexity index is 719. The first kappa shape index (κ1) is 19.7. The highest BCUT2D eigenvalue weighted by Gasteiger charge is 2.11. The first-order chi connectivity index (χ1) is 11.8. The van der Waals surface area contributed by atoms with Crippen molar-refractivity contribution in [3.8, 4) is 5.75 Å². The number of carbonyl (C=O) groups excluding carboxylic acids is 1. The molecule has 6 heteroatoms. The standard InChI is InChI=1S/C19H21Cl2NO3/c1-13(23)15-4-6-17(7-5-15)25-12-16(24)11-22(2)10-14-3-8-18(20)19(21)9-14/h3-9,16,24H,10-12H2,1-2H3. The van der Waals surface area contributed by atoms with E-state index in [0.717, 1.165) is 5.56 Å². The first-order valence-corrected chi connectivity index (χ1v) is 8.65. The molecule has 0 fully saturated rings. The molecule has 0 aliphatic carbocycles. The van der Waals surface area contributed by atoms with Gasteiger partial charge in [-0.25, -0.2) is 0 Å². The van der Waals surface area contributed by atoms with Gasteiger partial charge in [0.2, 0.25) is 0 Å². The van der Waals surface area contributed by atoms with Crippen LogP contribution in [-0.4, -0.2) is 42.1 Å². The third kappa shape index (κ3) is 6.33. The monoisotopic (exact) mass is 381 g/mol. The van der Waals surface area contributed by atoms with Crippen LogP contribution < -0.4 is 4.74 Å². The molecule has 1 atom stereocenters. The fourth-order valence-corrected chi connectivity index (χ4v) is 2.73. The summed E-state index contributed by atoms with van der Waals surface area (Å²) in [5, 5.41) is 11.2. The number of carbonyl (C=O) groups is 1. The third-order valence-electron chi connectivity index (χ3n) is 3.66. The van der Waals surface area contributed by atoms with E-state index in [0.29, 0.717) is 34.4 Å². The van der Waals surface area contributed by atoms with Gasteiger partial charge in [0, 0.05) is 18.7 Å². The summed E-state index contributed by atoms with van der Waals surface area (Å²) in [6.07, 6.45) is -0.639. The Kier molecular flexibility index (Phi) is 7.26. The lowest BCUT2D eigenvalue weighted by Gasteiger charge is -2.21. The molecule has 0 aliphatic rings. The maximum Gasteiger partial charge on any atom is 0.159 e. The molecule has 2 aromatic carbocycles. The Morgan fingerprint density at radius 2 is 1.84 bits per heavy atom. The van der Waals surface area contributed by atoms with E-state index >= 15 is 0 Å². The number of Topliss-reactive ketones (excluding diaryl/α,β-unsaturated/α-hetero) is 1. The van der Waals surface area contributed by atoms with Gasteiger partial charge in [0.15, 0.2) is 5.78 Å². The van der Waals surface area contributed by atoms with E-state index in [4.69, 9.17) is 27.9 Å². The Balaban J connectivity index is 1.79. The summed E-state index contributed by atoms with van der Waals surface area (Å²) in [5.74, 6) is 0.631. The predicted octanol–water partition coefficient (Wildman–Crippen LogP) is 4.07. The second-order valence-corrected chi connectivity index (χ2v) is 6.81. The zero-order valence-electron chi connectivity index (χ0n) is 14.2. The van der Waals surface area contributed by atoms with Gasteiger partial charge in [-0.15, -0.1) is 0 Å². The number of hydrogen-bond acceptors (Lipinski definition) is 4. The van der Waals surface area contributed by atoms with Gasteiger partial charge in [-0.3, -0.25) is 9.69 Å². The van der Waals surface area contributed by atoms with Crippen LogP contribution in [-0.2, 0) is 6.54 Å². The highest BCUT2D eigenvalue weighted by atomic mass is 35.5. The fourth-order valence-electron chi connectivity index (χ4n) is 2.40. The number of nitrogens with zero attached hydrogens (tertiary/aromatic N) is 1. The summed E-state index contributed by atoms with van der Waals surface area (Å²) in [7, 11) is 1.91. The van der Waals surface area contributed by atoms with Crippen LogP contribution >= 0.6 is 23.2 Å². The Morgan fingerprint density at radius 1 is 1.16 bits per heavy atom. The number of benzene rings is 2. The van der Waals surface area contributed by atoms with Crippen LogP contribution in [0.15, 0.2) is 42.5 Å². The number of likely N-dealkylation sites (N-methyl/N-ethyl adjacent to an activating group) is 1. The van der Waals surface area contributed by atoms with Crippen molar-refractivity contribution in [3.63, 3.8) is 0 Å². The Hall–Kier alpha value is -1.59. The minimum Gasteiger partial charge on any atom is -0.491 e. The molecule has 1 unspecified atom stereocenters. The second kappa shape index (κ2) is 9.20. The van der Waals surface area contributed by atoms with Crippen molar-refractivity contribution in [2.75, 3.05) is 20.2 Å². The van der Waals surface area contributed by atoms with Gasteiger partial charge in [0.1, 0.15) is 18.5 Å². The highest BCUT2D eigenvalue weighted by Crippen LogP contribution is 2.23. The molecular formula is C19H21Cl2NO3. The van der Waals surface area contributed by atoms with Crippen LogP contribution in [0.2, 0.25) is 10.0 Å². The largest absolute Gasteiger partial charge is 0.491 e. The molecule has 0 amide bonds. The van der Waals surface area contributed by atoms with Gasteiger partial charge in [-0.05, 0) is 55.9 Å². The number of aliphatic hydroxyl groups is 1. The smallest absolute Gasteiger partial charge is 0.159 e. The van der Waals surface area contributed by atoms with Crippen LogP contribution in [0.25, 0.3) is 0 Å². The van der Waals surface area contributed by atoms with Gasteiger partial charge >= 0.3 is 0 Å². The highest BCUT2D eigenvalue weighted by molar-refractivity contribution is 6.42. The number of halogens is 2. The van der Waals surface area contributed by atoms with Crippen LogP contribution in [0.3, 0.4) is 0 Å². The number of rotatable bonds is 8. The van der Waals surface area contributed by atoms with E-state index < -0.39 is 6.10 Å². The van der Waals surface area contributed by atoms with E-state index in [1.165, 1.54) is 6.92 Å². The maximum absolute atomic E-state index is 11.2. The molecule has 0 aromatic heterocycles. The number of ketones is 1. The van der Waals surface area contributed by atoms with Gasteiger partial charge in [0.25, 0.3) is 0 Å². The molecule has 0 saturated heterocycles. The molecular weight excluding hydrogens is 361 g/mol. The summed E-state index contributed by atoms with van der Waals surface area (Å²) in [4.78, 5) is 13.2. The molecule has 4 nitrogen and oxygen atoms in total. The lowest BCUT2D eigenvalue weighted by molar-refractivity contribution is 0.0743. The van der Waals surface area contributed by atoms with Crippen molar-refractivity contribution in [2.45, 2.75) is 19.6 Å². The van der Waals surface area contributed by atoms with Crippen molar-refractivity contribution in [2.24, 2.45) is 0 Å². The van der Waals surface area contributed by atoms with Crippen molar-refractivity contribution in [1.82, 2.24) is 4.90 Å². The lowest BCUT2D eigenvalue weighted by Crippen LogP contribution is -2.32. The van der Waals surface area contributed by atoms with Crippen molar-refractivity contribution in [3.05, 3.63) is 63.6 Å². The maximum atomic E-state index is 11.2. The fraction of sp³-hybridized carbons (Fsp3) is 0.316. The molecule has 0 bridgehead atoms. The lowest BCUT2D eigenvalue weighted by atomic mass is 10.1. The molecule has 0 aliphatic heterocycles. The SMILES string of the molecule is CC(=O)c1ccc(OCC(O)CN(C)Cc2ccc(Cl)c(Cl)c2)cc1. The Labute approximate surface area is 157 Å². The number of aliphatic hydroxyl groups excluding tert-OH is 1. The summed E-state index contributed by atoms with van der Waals surface area (Å²) < 4.78 is 5.56. The summed E-state index contributed by atoms with van der Waals surface area (Å²) in [6, 6.07) is 12.4. The van der Waals surface area contributed by atoms with E-state index in [2.05, 4.69) is 0 Å². The molecule has 2 rings (SSSR count). The molecule has 0 heterocycles. The van der Waals surface area contributed by atoms with Crippen molar-refractivity contribution in [1.29, 1.82) is 0 Å². The number of ether oxygens (including phenoxy) is 1. The quantitative estimate of drug-likeness (QED) is 0.700. The van der Waals surface area contributed by atoms with E-state index in [1.807, 2.05) is 24.1 Å². The van der Waals surface area contributed by atoms with E-state index in [-0.39, 0.29) is 12.4 Å². The summed E-state index contributed by atoms with van der Waals surface area (Å²) in [6.45, 7) is 2.78. The number of hydrogen-bond donors (Lipinski definition) is 1. The molecule has 0 spiro atoms. The normalized spacial score (nSPS) is 12.2. The predicted molar refractivity (Wildman–Crippen MR) is 101 cm³/mol. The molecule has 0 saturated carbocycles. The molecule has 2 aromatic rings. The van der Waals surface area contributed by atoms with Gasteiger partial charge in [0.05, 0.1) is 10.0 Å².